The average Bonchev–Trinajstić information content (AvgIpc) is 2.56. The Morgan fingerprint density at radius 2 is 2.12 bits per heavy atom. The molecule has 0 radical (unpaired) electrons. The van der Waals surface area contributed by atoms with Gasteiger partial charge in [0.05, 0.1) is 4.92 Å². The maximum Gasteiger partial charge on any atom is 0.353 e. The quantitative estimate of drug-likeness (QED) is 0.591. The number of aromatic nitrogens is 2. The molecular weight excluding hydrogens is 330 g/mol. The van der Waals surface area contributed by atoms with Crippen LogP contribution in [0.1, 0.15) is 25.3 Å². The first-order valence-electron chi connectivity index (χ1n) is 7.68. The van der Waals surface area contributed by atoms with Crippen LogP contribution in [0.3, 0.4) is 0 Å². The summed E-state index contributed by atoms with van der Waals surface area (Å²) < 4.78 is 0. The zero-order chi connectivity index (χ0) is 17.7. The van der Waals surface area contributed by atoms with Crippen LogP contribution >= 0.6 is 11.6 Å². The minimum absolute atomic E-state index is 0.143. The molecule has 128 valence electrons. The molecule has 0 aliphatic carbocycles. The first-order chi connectivity index (χ1) is 11.5. The Bertz CT molecular complexity index is 738. The molecule has 1 aromatic heterocycles. The van der Waals surface area contributed by atoms with Gasteiger partial charge in [-0.15, -0.1) is 0 Å². The highest BCUT2D eigenvalue weighted by molar-refractivity contribution is 6.31. The van der Waals surface area contributed by atoms with Gasteiger partial charge in [-0.2, -0.15) is 0 Å². The first kappa shape index (κ1) is 17.9. The normalized spacial score (nSPS) is 10.5. The molecule has 2 rings (SSSR count). The fourth-order valence-corrected chi connectivity index (χ4v) is 2.45. The SMILES string of the molecule is CCCCN(C)c1ncnc(Nc2cccc(Cl)c2C)c1[N+](=O)[O-]. The van der Waals surface area contributed by atoms with Crippen molar-refractivity contribution in [3.05, 3.63) is 45.2 Å². The van der Waals surface area contributed by atoms with Crippen molar-refractivity contribution < 1.29 is 4.92 Å². The number of rotatable bonds is 7. The lowest BCUT2D eigenvalue weighted by molar-refractivity contribution is -0.383. The maximum absolute atomic E-state index is 11.6. The molecule has 1 aromatic carbocycles. The number of anilines is 3. The minimum atomic E-state index is -0.458. The van der Waals surface area contributed by atoms with E-state index in [1.54, 1.807) is 30.1 Å². The predicted octanol–water partition coefficient (Wildman–Crippen LogP) is 4.33. The molecule has 0 saturated heterocycles. The summed E-state index contributed by atoms with van der Waals surface area (Å²) in [4.78, 5) is 21.1. The number of hydrogen-bond donors (Lipinski definition) is 1. The van der Waals surface area contributed by atoms with Gasteiger partial charge in [0.2, 0.25) is 11.6 Å². The van der Waals surface area contributed by atoms with Gasteiger partial charge in [-0.25, -0.2) is 9.97 Å². The van der Waals surface area contributed by atoms with Crippen molar-refractivity contribution >= 4 is 34.6 Å². The Balaban J connectivity index is 2.43. The summed E-state index contributed by atoms with van der Waals surface area (Å²) in [6.07, 6.45) is 3.25. The van der Waals surface area contributed by atoms with E-state index in [2.05, 4.69) is 22.2 Å². The molecule has 2 aromatic rings. The molecule has 0 unspecified atom stereocenters. The lowest BCUT2D eigenvalue weighted by atomic mass is 10.2. The van der Waals surface area contributed by atoms with E-state index < -0.39 is 4.92 Å². The van der Waals surface area contributed by atoms with Gasteiger partial charge in [-0.05, 0) is 31.0 Å². The zero-order valence-electron chi connectivity index (χ0n) is 13.9. The summed E-state index contributed by atoms with van der Waals surface area (Å²) in [5, 5.41) is 15.2. The predicted molar refractivity (Wildman–Crippen MR) is 96.3 cm³/mol. The van der Waals surface area contributed by atoms with Crippen molar-refractivity contribution in [3.8, 4) is 0 Å². The summed E-state index contributed by atoms with van der Waals surface area (Å²) >= 11 is 6.11. The highest BCUT2D eigenvalue weighted by Crippen LogP contribution is 2.34. The summed E-state index contributed by atoms with van der Waals surface area (Å²) in [5.41, 5.74) is 1.33. The third-order valence-corrected chi connectivity index (χ3v) is 4.12. The van der Waals surface area contributed by atoms with Crippen LogP contribution in [0.15, 0.2) is 24.5 Å². The summed E-state index contributed by atoms with van der Waals surface area (Å²) in [7, 11) is 1.79. The van der Waals surface area contributed by atoms with E-state index in [1.807, 2.05) is 6.92 Å². The largest absolute Gasteiger partial charge is 0.354 e. The van der Waals surface area contributed by atoms with E-state index in [-0.39, 0.29) is 11.5 Å². The van der Waals surface area contributed by atoms with Gasteiger partial charge < -0.3 is 10.2 Å². The van der Waals surface area contributed by atoms with Crippen LogP contribution in [0.5, 0.6) is 0 Å². The second kappa shape index (κ2) is 7.92. The topological polar surface area (TPSA) is 84.2 Å². The van der Waals surface area contributed by atoms with Crippen LogP contribution in [-0.4, -0.2) is 28.5 Å². The first-order valence-corrected chi connectivity index (χ1v) is 8.06. The second-order valence-corrected chi connectivity index (χ2v) is 5.87. The van der Waals surface area contributed by atoms with Crippen molar-refractivity contribution in [2.24, 2.45) is 0 Å². The number of nitrogens with zero attached hydrogens (tertiary/aromatic N) is 4. The molecule has 0 fully saturated rings. The van der Waals surface area contributed by atoms with Gasteiger partial charge in [0.1, 0.15) is 6.33 Å². The fourth-order valence-electron chi connectivity index (χ4n) is 2.28. The van der Waals surface area contributed by atoms with Crippen LogP contribution in [0.25, 0.3) is 0 Å². The number of halogens is 1. The molecule has 1 heterocycles. The Labute approximate surface area is 145 Å². The number of nitrogens with one attached hydrogen (secondary N) is 1. The molecule has 0 amide bonds. The third kappa shape index (κ3) is 3.91. The average molecular weight is 350 g/mol. The van der Waals surface area contributed by atoms with Gasteiger partial charge in [0.25, 0.3) is 0 Å². The van der Waals surface area contributed by atoms with E-state index in [0.717, 1.165) is 18.4 Å². The molecule has 0 aliphatic rings. The lowest BCUT2D eigenvalue weighted by Crippen LogP contribution is -2.21. The smallest absolute Gasteiger partial charge is 0.353 e. The number of benzene rings is 1. The summed E-state index contributed by atoms with van der Waals surface area (Å²) in [5.74, 6) is 0.448. The minimum Gasteiger partial charge on any atom is -0.354 e. The van der Waals surface area contributed by atoms with E-state index in [9.17, 15) is 10.1 Å². The Kier molecular flexibility index (Phi) is 5.92. The van der Waals surface area contributed by atoms with Gasteiger partial charge in [0, 0.05) is 24.3 Å². The zero-order valence-corrected chi connectivity index (χ0v) is 14.7. The number of nitro groups is 1. The molecule has 24 heavy (non-hydrogen) atoms. The lowest BCUT2D eigenvalue weighted by Gasteiger charge is -2.18. The van der Waals surface area contributed by atoms with Gasteiger partial charge >= 0.3 is 5.69 Å². The molecule has 0 saturated carbocycles. The van der Waals surface area contributed by atoms with Crippen molar-refractivity contribution in [1.82, 2.24) is 9.97 Å². The molecule has 0 spiro atoms. The van der Waals surface area contributed by atoms with E-state index >= 15 is 0 Å². The molecule has 8 heteroatoms. The highest BCUT2D eigenvalue weighted by Gasteiger charge is 2.25. The maximum atomic E-state index is 11.6. The van der Waals surface area contributed by atoms with E-state index in [0.29, 0.717) is 23.1 Å². The van der Waals surface area contributed by atoms with Crippen molar-refractivity contribution in [3.63, 3.8) is 0 Å². The number of hydrogen-bond acceptors (Lipinski definition) is 6. The van der Waals surface area contributed by atoms with E-state index in [4.69, 9.17) is 11.6 Å². The van der Waals surface area contributed by atoms with Crippen LogP contribution in [-0.2, 0) is 0 Å². The fraction of sp³-hybridized carbons (Fsp3) is 0.375. The third-order valence-electron chi connectivity index (χ3n) is 3.71. The molecule has 0 atom stereocenters. The molecule has 0 aliphatic heterocycles. The van der Waals surface area contributed by atoms with Gasteiger partial charge in [0.15, 0.2) is 0 Å². The highest BCUT2D eigenvalue weighted by atomic mass is 35.5. The van der Waals surface area contributed by atoms with Crippen molar-refractivity contribution in [2.75, 3.05) is 23.8 Å². The summed E-state index contributed by atoms with van der Waals surface area (Å²) in [6, 6.07) is 5.34. The molecule has 7 nitrogen and oxygen atoms in total. The summed E-state index contributed by atoms with van der Waals surface area (Å²) in [6.45, 7) is 4.59. The molecular formula is C16H20ClN5O2. The molecule has 0 bridgehead atoms. The van der Waals surface area contributed by atoms with Crippen LogP contribution in [0.2, 0.25) is 5.02 Å². The standard InChI is InChI=1S/C16H20ClN5O2/c1-4-5-9-21(3)16-14(22(23)24)15(18-10-19-16)20-13-8-6-7-12(17)11(13)2/h6-8,10H,4-5,9H2,1-3H3,(H,18,19,20). The Hall–Kier alpha value is -2.41. The van der Waals surface area contributed by atoms with Crippen molar-refractivity contribution in [1.29, 1.82) is 0 Å². The van der Waals surface area contributed by atoms with Crippen LogP contribution < -0.4 is 10.2 Å². The number of unbranched alkanes of at least 4 members (excludes halogenated alkanes) is 1. The Morgan fingerprint density at radius 1 is 1.38 bits per heavy atom. The monoisotopic (exact) mass is 349 g/mol. The molecule has 1 N–H and O–H groups in total. The van der Waals surface area contributed by atoms with Crippen molar-refractivity contribution in [2.45, 2.75) is 26.7 Å². The van der Waals surface area contributed by atoms with Gasteiger partial charge in [-0.1, -0.05) is 31.0 Å². The van der Waals surface area contributed by atoms with Gasteiger partial charge in [-0.3, -0.25) is 10.1 Å². The van der Waals surface area contributed by atoms with Crippen LogP contribution in [0.4, 0.5) is 23.0 Å². The van der Waals surface area contributed by atoms with E-state index in [1.165, 1.54) is 6.33 Å². The van der Waals surface area contributed by atoms with Crippen LogP contribution in [0, 0.1) is 17.0 Å². The second-order valence-electron chi connectivity index (χ2n) is 5.46. The Morgan fingerprint density at radius 3 is 2.79 bits per heavy atom.